The van der Waals surface area contributed by atoms with Gasteiger partial charge in [0.15, 0.2) is 0 Å². The summed E-state index contributed by atoms with van der Waals surface area (Å²) in [7, 11) is 0. The number of halogens is 2. The normalized spacial score (nSPS) is 24.6. The molecule has 0 radical (unpaired) electrons. The van der Waals surface area contributed by atoms with Crippen LogP contribution in [0.1, 0.15) is 68.1 Å². The maximum atomic E-state index is 15.0. The van der Waals surface area contributed by atoms with Crippen molar-refractivity contribution >= 4 is 0 Å². The Morgan fingerprint density at radius 3 is 2.55 bits per heavy atom. The summed E-state index contributed by atoms with van der Waals surface area (Å²) in [5.41, 5.74) is 1.63. The van der Waals surface area contributed by atoms with Crippen LogP contribution in [0.25, 0.3) is 0 Å². The molecule has 0 spiro atoms. The highest BCUT2D eigenvalue weighted by Gasteiger charge is 2.35. The van der Waals surface area contributed by atoms with Gasteiger partial charge in [0, 0.05) is 11.6 Å². The number of fused-ring (bicyclic) bond motifs is 1. The van der Waals surface area contributed by atoms with Crippen LogP contribution in [-0.2, 0) is 0 Å². The third-order valence-corrected chi connectivity index (χ3v) is 7.21. The monoisotopic (exact) mass is 446 g/mol. The maximum absolute atomic E-state index is 15.0. The molecule has 0 aromatic heterocycles. The fraction of sp³-hybridized carbons (Fsp3) is 0.400. The first-order chi connectivity index (χ1) is 16.1. The Labute approximate surface area is 196 Å². The molecule has 33 heavy (non-hydrogen) atoms. The fourth-order valence-electron chi connectivity index (χ4n) is 5.57. The maximum Gasteiger partial charge on any atom is 0.142 e. The lowest BCUT2D eigenvalue weighted by Crippen LogP contribution is -2.30. The molecule has 0 amide bonds. The highest BCUT2D eigenvalue weighted by molar-refractivity contribution is 5.46. The number of allylic oxidation sites excluding steroid dienone is 2. The number of hydrogen-bond donors (Lipinski definition) is 0. The van der Waals surface area contributed by atoms with Crippen molar-refractivity contribution < 1.29 is 13.5 Å². The van der Waals surface area contributed by atoms with E-state index in [4.69, 9.17) is 4.74 Å². The predicted octanol–water partition coefficient (Wildman–Crippen LogP) is 7.81. The van der Waals surface area contributed by atoms with Crippen molar-refractivity contribution in [3.05, 3.63) is 89.5 Å². The van der Waals surface area contributed by atoms with Gasteiger partial charge in [0.2, 0.25) is 0 Å². The van der Waals surface area contributed by atoms with Crippen molar-refractivity contribution in [2.75, 3.05) is 6.61 Å². The SMILES string of the molecule is C=CCOc1ccc(C#Cc2ccc(C3CCC4CC(/C=C/C)CCC4C3)c(F)c2)c(F)c1. The highest BCUT2D eigenvalue weighted by Crippen LogP contribution is 2.48. The van der Waals surface area contributed by atoms with Gasteiger partial charge in [0.25, 0.3) is 0 Å². The number of hydrogen-bond acceptors (Lipinski definition) is 1. The second kappa shape index (κ2) is 10.8. The van der Waals surface area contributed by atoms with E-state index < -0.39 is 5.82 Å². The quantitative estimate of drug-likeness (QED) is 0.336. The molecular formula is C30H32F2O. The smallest absolute Gasteiger partial charge is 0.142 e. The summed E-state index contributed by atoms with van der Waals surface area (Å²) in [5, 5.41) is 0. The molecule has 2 aliphatic rings. The van der Waals surface area contributed by atoms with Crippen LogP contribution in [0.15, 0.2) is 61.2 Å². The Morgan fingerprint density at radius 1 is 0.970 bits per heavy atom. The van der Waals surface area contributed by atoms with E-state index in [9.17, 15) is 4.39 Å². The van der Waals surface area contributed by atoms with Crippen LogP contribution < -0.4 is 4.74 Å². The molecule has 0 bridgehead atoms. The van der Waals surface area contributed by atoms with E-state index in [0.29, 0.717) is 23.8 Å². The van der Waals surface area contributed by atoms with E-state index in [1.807, 2.05) is 12.1 Å². The van der Waals surface area contributed by atoms with Crippen molar-refractivity contribution in [3.63, 3.8) is 0 Å². The van der Waals surface area contributed by atoms with Crippen molar-refractivity contribution in [2.45, 2.75) is 51.4 Å². The molecule has 3 heteroatoms. The molecule has 1 nitrogen and oxygen atoms in total. The van der Waals surface area contributed by atoms with Crippen molar-refractivity contribution in [3.8, 4) is 17.6 Å². The molecule has 2 aromatic carbocycles. The zero-order chi connectivity index (χ0) is 23.2. The average molecular weight is 447 g/mol. The minimum atomic E-state index is -0.456. The van der Waals surface area contributed by atoms with Crippen LogP contribution in [0.2, 0.25) is 0 Å². The van der Waals surface area contributed by atoms with Crippen molar-refractivity contribution in [1.29, 1.82) is 0 Å². The summed E-state index contributed by atoms with van der Waals surface area (Å²) in [6.07, 6.45) is 13.3. The summed E-state index contributed by atoms with van der Waals surface area (Å²) in [6.45, 7) is 5.99. The molecule has 4 atom stereocenters. The fourth-order valence-corrected chi connectivity index (χ4v) is 5.57. The lowest BCUT2D eigenvalue weighted by atomic mass is 9.64. The second-order valence-electron chi connectivity index (χ2n) is 9.36. The van der Waals surface area contributed by atoms with Crippen LogP contribution >= 0.6 is 0 Å². The van der Waals surface area contributed by atoms with Crippen LogP contribution in [0.5, 0.6) is 5.75 Å². The van der Waals surface area contributed by atoms with Crippen molar-refractivity contribution in [1.82, 2.24) is 0 Å². The van der Waals surface area contributed by atoms with E-state index in [0.717, 1.165) is 30.2 Å². The Morgan fingerprint density at radius 2 is 1.79 bits per heavy atom. The lowest BCUT2D eigenvalue weighted by molar-refractivity contribution is 0.132. The summed E-state index contributed by atoms with van der Waals surface area (Å²) in [4.78, 5) is 0. The summed E-state index contributed by atoms with van der Waals surface area (Å²) >= 11 is 0. The van der Waals surface area contributed by atoms with Crippen LogP contribution in [0.4, 0.5) is 8.78 Å². The van der Waals surface area contributed by atoms with Gasteiger partial charge in [0.05, 0.1) is 5.56 Å². The molecule has 0 saturated heterocycles. The van der Waals surface area contributed by atoms with E-state index in [1.54, 1.807) is 18.2 Å². The standard InChI is InChI=1S/C30H32F2O/c1-3-5-21-7-10-25-19-26(12-11-24(25)17-21)28-15-8-22(18-30(28)32)6-9-23-13-14-27(20-29(23)31)33-16-4-2/h3-5,8,13-15,18,20-21,24-26H,2,7,10-12,16-17,19H2,1H3/b5-3+. The van der Waals surface area contributed by atoms with Crippen molar-refractivity contribution in [2.24, 2.45) is 17.8 Å². The highest BCUT2D eigenvalue weighted by atomic mass is 19.1. The molecule has 0 aliphatic heterocycles. The predicted molar refractivity (Wildman–Crippen MR) is 130 cm³/mol. The minimum absolute atomic E-state index is 0.193. The molecule has 2 aliphatic carbocycles. The van der Waals surface area contributed by atoms with E-state index in [2.05, 4.69) is 37.5 Å². The first kappa shape index (κ1) is 23.3. The van der Waals surface area contributed by atoms with Gasteiger partial charge < -0.3 is 4.74 Å². The Balaban J connectivity index is 1.42. The molecule has 2 saturated carbocycles. The second-order valence-corrected chi connectivity index (χ2v) is 9.36. The van der Waals surface area contributed by atoms with Gasteiger partial charge in [-0.2, -0.15) is 0 Å². The Hall–Kier alpha value is -2.86. The molecular weight excluding hydrogens is 414 g/mol. The lowest BCUT2D eigenvalue weighted by Gasteiger charge is -2.41. The van der Waals surface area contributed by atoms with Gasteiger partial charge in [-0.15, -0.1) is 0 Å². The third kappa shape index (κ3) is 5.74. The van der Waals surface area contributed by atoms with Crippen LogP contribution in [0.3, 0.4) is 0 Å². The van der Waals surface area contributed by atoms with Gasteiger partial charge in [-0.1, -0.05) is 42.7 Å². The number of benzene rings is 2. The zero-order valence-corrected chi connectivity index (χ0v) is 19.3. The first-order valence-electron chi connectivity index (χ1n) is 12.0. The van der Waals surface area contributed by atoms with Gasteiger partial charge in [-0.05, 0) is 98.9 Å². The topological polar surface area (TPSA) is 9.23 Å². The van der Waals surface area contributed by atoms with E-state index in [1.165, 1.54) is 37.8 Å². The molecule has 2 fully saturated rings. The number of ether oxygens (including phenoxy) is 1. The summed E-state index contributed by atoms with van der Waals surface area (Å²) < 4.78 is 34.6. The number of rotatable bonds is 5. The molecule has 0 heterocycles. The van der Waals surface area contributed by atoms with Crippen LogP contribution in [-0.4, -0.2) is 6.61 Å². The molecule has 4 unspecified atom stereocenters. The minimum Gasteiger partial charge on any atom is -0.489 e. The third-order valence-electron chi connectivity index (χ3n) is 7.21. The molecule has 0 N–H and O–H groups in total. The van der Waals surface area contributed by atoms with E-state index >= 15 is 4.39 Å². The summed E-state index contributed by atoms with van der Waals surface area (Å²) in [6, 6.07) is 9.80. The van der Waals surface area contributed by atoms with Gasteiger partial charge in [-0.3, -0.25) is 0 Å². The largest absolute Gasteiger partial charge is 0.489 e. The van der Waals surface area contributed by atoms with Gasteiger partial charge in [-0.25, -0.2) is 8.78 Å². The van der Waals surface area contributed by atoms with Gasteiger partial charge in [0.1, 0.15) is 24.0 Å². The van der Waals surface area contributed by atoms with Gasteiger partial charge >= 0.3 is 0 Å². The Kier molecular flexibility index (Phi) is 7.65. The zero-order valence-electron chi connectivity index (χ0n) is 19.3. The van der Waals surface area contributed by atoms with E-state index in [-0.39, 0.29) is 17.3 Å². The van der Waals surface area contributed by atoms with Crippen LogP contribution in [0, 0.1) is 41.2 Å². The first-order valence-corrected chi connectivity index (χ1v) is 12.0. The average Bonchev–Trinajstić information content (AvgIpc) is 2.82. The molecule has 2 aromatic rings. The summed E-state index contributed by atoms with van der Waals surface area (Å²) in [5.74, 6) is 8.01. The molecule has 172 valence electrons. The Bertz CT molecular complexity index is 1070. The molecule has 4 rings (SSSR count).